The van der Waals surface area contributed by atoms with E-state index >= 15 is 0 Å². The minimum Gasteiger partial charge on any atom is -0.379 e. The number of rotatable bonds is 2. The van der Waals surface area contributed by atoms with Crippen LogP contribution in [-0.4, -0.2) is 37.7 Å². The summed E-state index contributed by atoms with van der Waals surface area (Å²) in [6, 6.07) is 0. The Hall–Kier alpha value is 0.210. The third-order valence-corrected chi connectivity index (χ3v) is 6.40. The molecule has 2 atom stereocenters. The zero-order valence-electron chi connectivity index (χ0n) is 13.1. The van der Waals surface area contributed by atoms with Gasteiger partial charge in [0.15, 0.2) is 0 Å². The summed E-state index contributed by atoms with van der Waals surface area (Å²) in [5.74, 6) is 1.03. The molecule has 4 aliphatic carbocycles. The molecule has 5 fully saturated rings. The average Bonchev–Trinajstić information content (AvgIpc) is 2.24. The van der Waals surface area contributed by atoms with E-state index in [0.29, 0.717) is 16.2 Å². The smallest absolute Gasteiger partial charge is 0.0594 e. The van der Waals surface area contributed by atoms with E-state index in [-0.39, 0.29) is 12.4 Å². The van der Waals surface area contributed by atoms with Gasteiger partial charge < -0.3 is 4.74 Å². The van der Waals surface area contributed by atoms with Crippen LogP contribution in [0.5, 0.6) is 0 Å². The van der Waals surface area contributed by atoms with Crippen LogP contribution in [0.3, 0.4) is 0 Å². The van der Waals surface area contributed by atoms with Gasteiger partial charge in [0.05, 0.1) is 13.2 Å². The lowest BCUT2D eigenvalue weighted by atomic mass is 9.40. The summed E-state index contributed by atoms with van der Waals surface area (Å²) in [5.41, 5.74) is 1.99. The molecule has 2 nitrogen and oxygen atoms in total. The van der Waals surface area contributed by atoms with Crippen LogP contribution >= 0.6 is 12.4 Å². The fourth-order valence-electron chi connectivity index (χ4n) is 7.09. The van der Waals surface area contributed by atoms with Gasteiger partial charge in [-0.05, 0) is 60.7 Å². The quantitative estimate of drug-likeness (QED) is 0.770. The molecule has 0 N–H and O–H groups in total. The van der Waals surface area contributed by atoms with E-state index in [4.69, 9.17) is 4.74 Å². The standard InChI is InChI=1S/C17H29NO.ClH/c1-15-7-14-8-16(2,10-15)12-17(9-14,11-15)13-18-3-5-19-6-4-18;/h14H,3-13H2,1-2H3;1H. The highest BCUT2D eigenvalue weighted by Crippen LogP contribution is 2.69. The van der Waals surface area contributed by atoms with E-state index in [2.05, 4.69) is 18.7 Å². The fourth-order valence-corrected chi connectivity index (χ4v) is 7.09. The molecule has 5 rings (SSSR count). The van der Waals surface area contributed by atoms with Crippen molar-refractivity contribution in [3.8, 4) is 0 Å². The Morgan fingerprint density at radius 3 is 2.10 bits per heavy atom. The minimum absolute atomic E-state index is 0. The summed E-state index contributed by atoms with van der Waals surface area (Å²) >= 11 is 0. The molecule has 4 saturated carbocycles. The van der Waals surface area contributed by atoms with Crippen molar-refractivity contribution in [2.75, 3.05) is 32.8 Å². The molecule has 2 unspecified atom stereocenters. The number of morpholine rings is 1. The highest BCUT2D eigenvalue weighted by atomic mass is 35.5. The molecule has 116 valence electrons. The van der Waals surface area contributed by atoms with Crippen LogP contribution in [0.1, 0.15) is 52.4 Å². The molecule has 1 heterocycles. The number of hydrogen-bond acceptors (Lipinski definition) is 2. The molecular formula is C17H30ClNO. The maximum atomic E-state index is 5.52. The Morgan fingerprint density at radius 1 is 0.950 bits per heavy atom. The Balaban J connectivity index is 0.00000121. The predicted octanol–water partition coefficient (Wildman–Crippen LogP) is 3.74. The minimum atomic E-state index is 0. The van der Waals surface area contributed by atoms with Gasteiger partial charge >= 0.3 is 0 Å². The topological polar surface area (TPSA) is 12.5 Å². The Morgan fingerprint density at radius 2 is 1.55 bits per heavy atom. The molecule has 1 saturated heterocycles. The highest BCUT2D eigenvalue weighted by molar-refractivity contribution is 5.85. The van der Waals surface area contributed by atoms with Gasteiger partial charge in [0, 0.05) is 19.6 Å². The third-order valence-electron chi connectivity index (χ3n) is 6.40. The van der Waals surface area contributed by atoms with Crippen LogP contribution in [0.4, 0.5) is 0 Å². The monoisotopic (exact) mass is 299 g/mol. The van der Waals surface area contributed by atoms with Crippen LogP contribution in [0.25, 0.3) is 0 Å². The summed E-state index contributed by atoms with van der Waals surface area (Å²) in [5, 5.41) is 0. The van der Waals surface area contributed by atoms with Gasteiger partial charge in [0.1, 0.15) is 0 Å². The van der Waals surface area contributed by atoms with Gasteiger partial charge in [-0.2, -0.15) is 0 Å². The van der Waals surface area contributed by atoms with E-state index in [1.807, 2.05) is 0 Å². The molecule has 3 heteroatoms. The maximum Gasteiger partial charge on any atom is 0.0594 e. The van der Waals surface area contributed by atoms with Crippen molar-refractivity contribution in [2.24, 2.45) is 22.2 Å². The van der Waals surface area contributed by atoms with E-state index in [1.165, 1.54) is 58.2 Å². The number of hydrogen-bond donors (Lipinski definition) is 0. The van der Waals surface area contributed by atoms with Crippen molar-refractivity contribution < 1.29 is 4.74 Å². The van der Waals surface area contributed by atoms with Gasteiger partial charge in [-0.1, -0.05) is 13.8 Å². The van der Waals surface area contributed by atoms with E-state index < -0.39 is 0 Å². The van der Waals surface area contributed by atoms with Crippen LogP contribution in [0.15, 0.2) is 0 Å². The molecular weight excluding hydrogens is 270 g/mol. The molecule has 20 heavy (non-hydrogen) atoms. The van der Waals surface area contributed by atoms with Crippen molar-refractivity contribution in [2.45, 2.75) is 52.4 Å². The zero-order valence-corrected chi connectivity index (χ0v) is 13.9. The molecule has 4 bridgehead atoms. The van der Waals surface area contributed by atoms with Gasteiger partial charge in [-0.15, -0.1) is 12.4 Å². The van der Waals surface area contributed by atoms with Crippen molar-refractivity contribution in [3.05, 3.63) is 0 Å². The van der Waals surface area contributed by atoms with Gasteiger partial charge in [0.25, 0.3) is 0 Å². The molecule has 0 aromatic heterocycles. The van der Waals surface area contributed by atoms with Gasteiger partial charge in [0.2, 0.25) is 0 Å². The Bertz CT molecular complexity index is 361. The first-order valence-corrected chi connectivity index (χ1v) is 8.29. The van der Waals surface area contributed by atoms with Gasteiger partial charge in [-0.25, -0.2) is 0 Å². The summed E-state index contributed by atoms with van der Waals surface area (Å²) in [6.07, 6.45) is 9.07. The van der Waals surface area contributed by atoms with Crippen LogP contribution in [0, 0.1) is 22.2 Å². The van der Waals surface area contributed by atoms with E-state index in [1.54, 1.807) is 0 Å². The van der Waals surface area contributed by atoms with Crippen molar-refractivity contribution in [1.82, 2.24) is 4.90 Å². The van der Waals surface area contributed by atoms with Crippen molar-refractivity contribution in [1.29, 1.82) is 0 Å². The lowest BCUT2D eigenvalue weighted by Gasteiger charge is -2.66. The first-order chi connectivity index (χ1) is 8.99. The lowest BCUT2D eigenvalue weighted by Crippen LogP contribution is -2.58. The second-order valence-corrected chi connectivity index (χ2v) is 9.02. The molecule has 0 aromatic carbocycles. The Kier molecular flexibility index (Phi) is 3.67. The predicted molar refractivity (Wildman–Crippen MR) is 84.3 cm³/mol. The first kappa shape index (κ1) is 15.1. The second kappa shape index (κ2) is 4.86. The zero-order chi connectivity index (χ0) is 13.1. The number of nitrogens with zero attached hydrogens (tertiary/aromatic N) is 1. The number of halogens is 1. The molecule has 0 radical (unpaired) electrons. The Labute approximate surface area is 130 Å². The van der Waals surface area contributed by atoms with Crippen LogP contribution in [0.2, 0.25) is 0 Å². The van der Waals surface area contributed by atoms with E-state index in [0.717, 1.165) is 19.1 Å². The van der Waals surface area contributed by atoms with Crippen molar-refractivity contribution in [3.63, 3.8) is 0 Å². The summed E-state index contributed by atoms with van der Waals surface area (Å²) in [7, 11) is 0. The summed E-state index contributed by atoms with van der Waals surface area (Å²) < 4.78 is 5.52. The van der Waals surface area contributed by atoms with E-state index in [9.17, 15) is 0 Å². The summed E-state index contributed by atoms with van der Waals surface area (Å²) in [4.78, 5) is 2.70. The largest absolute Gasteiger partial charge is 0.379 e. The average molecular weight is 300 g/mol. The van der Waals surface area contributed by atoms with Crippen LogP contribution in [-0.2, 0) is 4.74 Å². The highest BCUT2D eigenvalue weighted by Gasteiger charge is 2.60. The first-order valence-electron chi connectivity index (χ1n) is 8.29. The molecule has 0 spiro atoms. The fraction of sp³-hybridized carbons (Fsp3) is 1.00. The maximum absolute atomic E-state index is 5.52. The normalized spacial score (nSPS) is 51.0. The summed E-state index contributed by atoms with van der Waals surface area (Å²) in [6.45, 7) is 10.8. The van der Waals surface area contributed by atoms with Crippen molar-refractivity contribution >= 4 is 12.4 Å². The molecule has 0 amide bonds. The van der Waals surface area contributed by atoms with Crippen LogP contribution < -0.4 is 0 Å². The van der Waals surface area contributed by atoms with Gasteiger partial charge in [-0.3, -0.25) is 4.90 Å². The SMILES string of the molecule is CC12CC3CC(C)(C1)CC(CN1CCOCC1)(C3)C2.Cl. The lowest BCUT2D eigenvalue weighted by molar-refractivity contribution is -0.156. The number of ether oxygens (including phenoxy) is 1. The molecule has 0 aromatic rings. The molecule has 5 aliphatic rings. The third kappa shape index (κ3) is 2.53. The second-order valence-electron chi connectivity index (χ2n) is 9.02. The molecule has 1 aliphatic heterocycles.